The number of allylic oxidation sites excluding steroid dienone is 2. The fraction of sp³-hybridized carbons (Fsp3) is 0.769. The molecular weight excluding hydrogens is 238 g/mol. The van der Waals surface area contributed by atoms with E-state index in [0.29, 0.717) is 5.78 Å². The SMILES string of the molecule is CC(C)=C1CCC(CN2CCOCC2)C1=O.Cl. The van der Waals surface area contributed by atoms with Gasteiger partial charge in [0.2, 0.25) is 0 Å². The van der Waals surface area contributed by atoms with Gasteiger partial charge in [0.15, 0.2) is 5.78 Å². The van der Waals surface area contributed by atoms with Crippen molar-refractivity contribution in [3.63, 3.8) is 0 Å². The molecule has 1 aliphatic carbocycles. The summed E-state index contributed by atoms with van der Waals surface area (Å²) in [7, 11) is 0. The van der Waals surface area contributed by atoms with E-state index in [1.807, 2.05) is 13.8 Å². The number of Topliss-reactive ketones (excluding diaryl/α,β-unsaturated/α-hetero) is 1. The summed E-state index contributed by atoms with van der Waals surface area (Å²) in [6, 6.07) is 0. The van der Waals surface area contributed by atoms with Crippen molar-refractivity contribution >= 4 is 18.2 Å². The fourth-order valence-electron chi connectivity index (χ4n) is 2.59. The van der Waals surface area contributed by atoms with Crippen LogP contribution in [0.5, 0.6) is 0 Å². The maximum Gasteiger partial charge on any atom is 0.163 e. The third kappa shape index (κ3) is 3.54. The van der Waals surface area contributed by atoms with E-state index in [4.69, 9.17) is 4.74 Å². The molecular formula is C13H22ClNO2. The van der Waals surface area contributed by atoms with E-state index in [1.165, 1.54) is 5.57 Å². The second-order valence-electron chi connectivity index (χ2n) is 4.99. The Morgan fingerprint density at radius 3 is 2.53 bits per heavy atom. The second kappa shape index (κ2) is 6.53. The Balaban J connectivity index is 0.00000144. The monoisotopic (exact) mass is 259 g/mol. The Labute approximate surface area is 110 Å². The molecule has 1 atom stereocenters. The van der Waals surface area contributed by atoms with Gasteiger partial charge in [0.1, 0.15) is 0 Å². The van der Waals surface area contributed by atoms with Gasteiger partial charge < -0.3 is 4.74 Å². The molecule has 1 saturated carbocycles. The number of carbonyl (C=O) groups excluding carboxylic acids is 1. The lowest BCUT2D eigenvalue weighted by atomic mass is 10.0. The van der Waals surface area contributed by atoms with Crippen molar-refractivity contribution in [1.29, 1.82) is 0 Å². The van der Waals surface area contributed by atoms with Gasteiger partial charge in [0.05, 0.1) is 13.2 Å². The molecule has 1 aliphatic heterocycles. The van der Waals surface area contributed by atoms with Gasteiger partial charge >= 0.3 is 0 Å². The zero-order valence-electron chi connectivity index (χ0n) is 10.7. The number of halogens is 1. The summed E-state index contributed by atoms with van der Waals surface area (Å²) < 4.78 is 5.31. The third-order valence-electron chi connectivity index (χ3n) is 3.60. The van der Waals surface area contributed by atoms with Crippen LogP contribution in [0.3, 0.4) is 0 Å². The molecule has 0 bridgehead atoms. The van der Waals surface area contributed by atoms with Gasteiger partial charge in [-0.2, -0.15) is 0 Å². The number of hydrogen-bond acceptors (Lipinski definition) is 3. The van der Waals surface area contributed by atoms with Crippen molar-refractivity contribution in [3.8, 4) is 0 Å². The number of morpholine rings is 1. The van der Waals surface area contributed by atoms with Gasteiger partial charge in [0, 0.05) is 25.6 Å². The largest absolute Gasteiger partial charge is 0.379 e. The summed E-state index contributed by atoms with van der Waals surface area (Å²) in [5, 5.41) is 0. The number of nitrogens with zero attached hydrogens (tertiary/aromatic N) is 1. The minimum Gasteiger partial charge on any atom is -0.379 e. The molecule has 2 aliphatic rings. The van der Waals surface area contributed by atoms with Crippen molar-refractivity contribution in [2.75, 3.05) is 32.8 Å². The highest BCUT2D eigenvalue weighted by atomic mass is 35.5. The number of hydrogen-bond donors (Lipinski definition) is 0. The van der Waals surface area contributed by atoms with E-state index in [-0.39, 0.29) is 18.3 Å². The molecule has 0 aromatic heterocycles. The quantitative estimate of drug-likeness (QED) is 0.711. The number of rotatable bonds is 2. The van der Waals surface area contributed by atoms with E-state index in [2.05, 4.69) is 4.90 Å². The molecule has 0 N–H and O–H groups in total. The highest BCUT2D eigenvalue weighted by Crippen LogP contribution is 2.29. The first-order chi connectivity index (χ1) is 7.68. The zero-order valence-corrected chi connectivity index (χ0v) is 11.5. The van der Waals surface area contributed by atoms with E-state index >= 15 is 0 Å². The van der Waals surface area contributed by atoms with Gasteiger partial charge in [-0.3, -0.25) is 9.69 Å². The summed E-state index contributed by atoms with van der Waals surface area (Å²) in [4.78, 5) is 14.5. The standard InChI is InChI=1S/C13H21NO2.ClH/c1-10(2)12-4-3-11(13(12)15)9-14-5-7-16-8-6-14;/h11H,3-9H2,1-2H3;1H. The smallest absolute Gasteiger partial charge is 0.163 e. The van der Waals surface area contributed by atoms with Crippen LogP contribution in [0.2, 0.25) is 0 Å². The average Bonchev–Trinajstić information content (AvgIpc) is 2.62. The predicted molar refractivity (Wildman–Crippen MR) is 70.6 cm³/mol. The van der Waals surface area contributed by atoms with Gasteiger partial charge in [-0.05, 0) is 32.3 Å². The maximum absolute atomic E-state index is 12.1. The van der Waals surface area contributed by atoms with Crippen LogP contribution in [0.4, 0.5) is 0 Å². The highest BCUT2D eigenvalue weighted by Gasteiger charge is 2.31. The first kappa shape index (κ1) is 14.7. The minimum atomic E-state index is 0. The Bertz CT molecular complexity index is 305. The highest BCUT2D eigenvalue weighted by molar-refractivity contribution is 6.00. The number of ether oxygens (including phenoxy) is 1. The van der Waals surface area contributed by atoms with Crippen LogP contribution in [0.25, 0.3) is 0 Å². The van der Waals surface area contributed by atoms with Gasteiger partial charge in [0.25, 0.3) is 0 Å². The van der Waals surface area contributed by atoms with E-state index < -0.39 is 0 Å². The normalized spacial score (nSPS) is 25.9. The lowest BCUT2D eigenvalue weighted by molar-refractivity contribution is -0.118. The Kier molecular flexibility index (Phi) is 5.63. The minimum absolute atomic E-state index is 0. The van der Waals surface area contributed by atoms with Crippen LogP contribution in [0.1, 0.15) is 26.7 Å². The molecule has 3 nitrogen and oxygen atoms in total. The first-order valence-electron chi connectivity index (χ1n) is 6.19. The molecule has 0 spiro atoms. The lowest BCUT2D eigenvalue weighted by Gasteiger charge is -2.28. The van der Waals surface area contributed by atoms with Crippen LogP contribution in [-0.2, 0) is 9.53 Å². The Morgan fingerprint density at radius 2 is 2.00 bits per heavy atom. The van der Waals surface area contributed by atoms with Gasteiger partial charge in [-0.1, -0.05) is 5.57 Å². The molecule has 2 rings (SSSR count). The maximum atomic E-state index is 12.1. The molecule has 2 fully saturated rings. The van der Waals surface area contributed by atoms with E-state index in [1.54, 1.807) is 0 Å². The molecule has 17 heavy (non-hydrogen) atoms. The molecule has 1 heterocycles. The molecule has 4 heteroatoms. The lowest BCUT2D eigenvalue weighted by Crippen LogP contribution is -2.40. The molecule has 0 radical (unpaired) electrons. The van der Waals surface area contributed by atoms with Crippen LogP contribution >= 0.6 is 12.4 Å². The topological polar surface area (TPSA) is 29.5 Å². The summed E-state index contributed by atoms with van der Waals surface area (Å²) in [5.41, 5.74) is 2.28. The fourth-order valence-corrected chi connectivity index (χ4v) is 2.59. The molecule has 0 amide bonds. The van der Waals surface area contributed by atoms with E-state index in [9.17, 15) is 4.79 Å². The molecule has 1 saturated heterocycles. The van der Waals surface area contributed by atoms with Crippen LogP contribution in [-0.4, -0.2) is 43.5 Å². The van der Waals surface area contributed by atoms with Crippen molar-refractivity contribution in [2.45, 2.75) is 26.7 Å². The van der Waals surface area contributed by atoms with Crippen LogP contribution in [0, 0.1) is 5.92 Å². The van der Waals surface area contributed by atoms with Gasteiger partial charge in [-0.15, -0.1) is 12.4 Å². The second-order valence-corrected chi connectivity index (χ2v) is 4.99. The molecule has 0 aromatic carbocycles. The summed E-state index contributed by atoms with van der Waals surface area (Å²) in [6.07, 6.45) is 2.02. The van der Waals surface area contributed by atoms with Crippen molar-refractivity contribution in [1.82, 2.24) is 4.90 Å². The summed E-state index contributed by atoms with van der Waals surface area (Å²) in [5.74, 6) is 0.634. The molecule has 98 valence electrons. The number of ketones is 1. The Hall–Kier alpha value is -0.380. The van der Waals surface area contributed by atoms with E-state index in [0.717, 1.165) is 51.3 Å². The van der Waals surface area contributed by atoms with Crippen LogP contribution < -0.4 is 0 Å². The van der Waals surface area contributed by atoms with Crippen molar-refractivity contribution in [3.05, 3.63) is 11.1 Å². The molecule has 0 aromatic rings. The van der Waals surface area contributed by atoms with Crippen molar-refractivity contribution < 1.29 is 9.53 Å². The molecule has 1 unspecified atom stereocenters. The third-order valence-corrected chi connectivity index (χ3v) is 3.60. The predicted octanol–water partition coefficient (Wildman–Crippen LogP) is 2.06. The first-order valence-corrected chi connectivity index (χ1v) is 6.19. The number of carbonyl (C=O) groups is 1. The summed E-state index contributed by atoms with van der Waals surface area (Å²) in [6.45, 7) is 8.61. The average molecular weight is 260 g/mol. The van der Waals surface area contributed by atoms with Crippen LogP contribution in [0.15, 0.2) is 11.1 Å². The van der Waals surface area contributed by atoms with Gasteiger partial charge in [-0.25, -0.2) is 0 Å². The van der Waals surface area contributed by atoms with Crippen molar-refractivity contribution in [2.24, 2.45) is 5.92 Å². The summed E-state index contributed by atoms with van der Waals surface area (Å²) >= 11 is 0. The zero-order chi connectivity index (χ0) is 11.5. The Morgan fingerprint density at radius 1 is 1.35 bits per heavy atom.